The molecule has 2 heterocycles. The molecule has 3 fully saturated rings. The van der Waals surface area contributed by atoms with Gasteiger partial charge < -0.3 is 38.1 Å². The summed E-state index contributed by atoms with van der Waals surface area (Å²) in [7, 11) is 1.76. The van der Waals surface area contributed by atoms with E-state index in [1.807, 2.05) is 12.1 Å². The van der Waals surface area contributed by atoms with Gasteiger partial charge in [0.05, 0.1) is 38.1 Å². The predicted octanol–water partition coefficient (Wildman–Crippen LogP) is 13.6. The summed E-state index contributed by atoms with van der Waals surface area (Å²) in [6.45, 7) is 6.42. The van der Waals surface area contributed by atoms with Crippen LogP contribution in [0.25, 0.3) is 28.0 Å². The second-order valence-corrected chi connectivity index (χ2v) is 22.5. The van der Waals surface area contributed by atoms with Crippen LogP contribution in [0.4, 0.5) is 5.69 Å². The fraction of sp³-hybridized carbons (Fsp3) is 0.400. The molecule has 2 aliphatic heterocycles. The number of benzene rings is 6. The fourth-order valence-electron chi connectivity index (χ4n) is 12.8. The second kappa shape index (κ2) is 22.7. The molecular weight excluding hydrogens is 987 g/mol. The highest BCUT2D eigenvalue weighted by molar-refractivity contribution is 7.99. The molecule has 2 unspecified atom stereocenters. The summed E-state index contributed by atoms with van der Waals surface area (Å²) in [5, 5.41) is 2.17. The van der Waals surface area contributed by atoms with E-state index < -0.39 is 23.6 Å². The summed E-state index contributed by atoms with van der Waals surface area (Å²) in [6, 6.07) is 41.1. The average molecular weight is 1060 g/mol. The lowest BCUT2D eigenvalue weighted by Crippen LogP contribution is -2.39. The van der Waals surface area contributed by atoms with Crippen LogP contribution in [0.1, 0.15) is 119 Å². The third kappa shape index (κ3) is 10.6. The van der Waals surface area contributed by atoms with Crippen molar-refractivity contribution in [2.75, 3.05) is 58.1 Å². The van der Waals surface area contributed by atoms with Gasteiger partial charge in [-0.2, -0.15) is 0 Å². The maximum Gasteiger partial charge on any atom is 0.306 e. The number of ether oxygens (including phenoxy) is 7. The molecule has 12 heteroatoms. The Bertz CT molecular complexity index is 3130. The van der Waals surface area contributed by atoms with Crippen molar-refractivity contribution in [1.82, 2.24) is 0 Å². The molecule has 1 saturated heterocycles. The number of hydrogen-bond acceptors (Lipinski definition) is 12. The van der Waals surface area contributed by atoms with Crippen molar-refractivity contribution in [3.63, 3.8) is 0 Å². The van der Waals surface area contributed by atoms with E-state index in [0.717, 1.165) is 80.4 Å². The first kappa shape index (κ1) is 52.3. The lowest BCUT2D eigenvalue weighted by molar-refractivity contribution is -0.158. The van der Waals surface area contributed by atoms with Crippen LogP contribution >= 0.6 is 11.8 Å². The van der Waals surface area contributed by atoms with E-state index in [9.17, 15) is 14.4 Å². The van der Waals surface area contributed by atoms with Crippen LogP contribution in [-0.4, -0.2) is 77.2 Å². The average Bonchev–Trinajstić information content (AvgIpc) is 4.04. The lowest BCUT2D eigenvalue weighted by atomic mass is 9.56. The van der Waals surface area contributed by atoms with Gasteiger partial charge in [-0.3, -0.25) is 14.4 Å². The van der Waals surface area contributed by atoms with Crippen molar-refractivity contribution in [2.45, 2.75) is 118 Å². The van der Waals surface area contributed by atoms with Crippen molar-refractivity contribution in [2.24, 2.45) is 5.41 Å². The number of morpholine rings is 1. The Morgan fingerprint density at radius 2 is 1.42 bits per heavy atom. The number of carbonyl (C=O) groups is 3. The first-order valence-electron chi connectivity index (χ1n) is 27.7. The highest BCUT2D eigenvalue weighted by Crippen LogP contribution is 2.65. The molecule has 3 aliphatic carbocycles. The highest BCUT2D eigenvalue weighted by Gasteiger charge is 2.52. The van der Waals surface area contributed by atoms with Crippen LogP contribution in [0, 0.1) is 5.41 Å². The minimum atomic E-state index is -1.05. The normalized spacial score (nSPS) is 19.1. The number of fused-ring (bicyclic) bond motifs is 10. The molecule has 400 valence electrons. The number of rotatable bonds is 17. The molecule has 0 N–H and O–H groups in total. The van der Waals surface area contributed by atoms with Gasteiger partial charge in [0, 0.05) is 57.6 Å². The summed E-state index contributed by atoms with van der Waals surface area (Å²) in [5.74, 6) is 0.760. The zero-order chi connectivity index (χ0) is 53.0. The van der Waals surface area contributed by atoms with Gasteiger partial charge >= 0.3 is 17.9 Å². The van der Waals surface area contributed by atoms with E-state index >= 15 is 0 Å². The monoisotopic (exact) mass is 1060 g/mol. The van der Waals surface area contributed by atoms with Gasteiger partial charge in [-0.05, 0) is 133 Å². The zero-order valence-corrected chi connectivity index (χ0v) is 45.4. The summed E-state index contributed by atoms with van der Waals surface area (Å²) >= 11 is 1.73. The lowest BCUT2D eigenvalue weighted by Gasteiger charge is -2.48. The molecule has 0 radical (unpaired) electrons. The Morgan fingerprint density at radius 1 is 0.727 bits per heavy atom. The van der Waals surface area contributed by atoms with E-state index in [1.165, 1.54) is 67.2 Å². The van der Waals surface area contributed by atoms with Crippen molar-refractivity contribution in [3.8, 4) is 28.4 Å². The minimum Gasteiger partial charge on any atom is -0.496 e. The van der Waals surface area contributed by atoms with Crippen molar-refractivity contribution in [3.05, 3.63) is 149 Å². The molecule has 0 amide bonds. The van der Waals surface area contributed by atoms with Crippen LogP contribution in [0.15, 0.2) is 131 Å². The SMILES string of the molecule is CCC(=O)OC(C)COC(=O)CCC(=O)OCCOc1ccc(C2(c3ccc(N4CCOCC4)cc3)C=Cc3c4c(c5cc(Sc6ccccc6)c(OC)cc5c3O2)-c2ccccc2C42CCC3(CCCCC3)CC2)cc1. The summed E-state index contributed by atoms with van der Waals surface area (Å²) in [4.78, 5) is 40.9. The molecule has 2 spiro atoms. The third-order valence-corrected chi connectivity index (χ3v) is 17.8. The van der Waals surface area contributed by atoms with Crippen LogP contribution in [-0.2, 0) is 44.3 Å². The maximum atomic E-state index is 12.6. The van der Waals surface area contributed by atoms with E-state index in [2.05, 4.69) is 120 Å². The first-order chi connectivity index (χ1) is 37.6. The number of anilines is 1. The summed E-state index contributed by atoms with van der Waals surface area (Å²) < 4.78 is 41.8. The Kier molecular flexibility index (Phi) is 15.4. The molecule has 0 bridgehead atoms. The number of methoxy groups -OCH3 is 1. The number of carbonyl (C=O) groups excluding carboxylic acids is 3. The molecule has 77 heavy (non-hydrogen) atoms. The zero-order valence-electron chi connectivity index (χ0n) is 44.6. The van der Waals surface area contributed by atoms with Crippen molar-refractivity contribution in [1.29, 1.82) is 0 Å². The quantitative estimate of drug-likeness (QED) is 0.0491. The molecule has 6 aromatic carbocycles. The molecule has 0 aromatic heterocycles. The second-order valence-electron chi connectivity index (χ2n) is 21.4. The predicted molar refractivity (Wildman–Crippen MR) is 300 cm³/mol. The van der Waals surface area contributed by atoms with Gasteiger partial charge in [-0.15, -0.1) is 0 Å². The maximum absolute atomic E-state index is 12.6. The van der Waals surface area contributed by atoms with E-state index in [-0.39, 0.29) is 50.5 Å². The topological polar surface area (TPSA) is 119 Å². The van der Waals surface area contributed by atoms with Gasteiger partial charge in [0.2, 0.25) is 0 Å². The number of hydrogen-bond donors (Lipinski definition) is 0. The van der Waals surface area contributed by atoms with Crippen molar-refractivity contribution < 1.29 is 47.5 Å². The molecule has 2 saturated carbocycles. The molecule has 11 rings (SSSR count). The van der Waals surface area contributed by atoms with Gasteiger partial charge in [0.1, 0.15) is 43.2 Å². The molecular formula is C65H69NO10S. The van der Waals surface area contributed by atoms with E-state index in [1.54, 1.807) is 32.7 Å². The van der Waals surface area contributed by atoms with Gasteiger partial charge in [-0.1, -0.05) is 111 Å². The first-order valence-corrected chi connectivity index (χ1v) is 28.5. The smallest absolute Gasteiger partial charge is 0.306 e. The Balaban J connectivity index is 0.936. The third-order valence-electron chi connectivity index (χ3n) is 16.8. The molecule has 11 nitrogen and oxygen atoms in total. The fourth-order valence-corrected chi connectivity index (χ4v) is 13.8. The Hall–Kier alpha value is -6.76. The minimum absolute atomic E-state index is 0.000465. The van der Waals surface area contributed by atoms with Gasteiger partial charge in [0.15, 0.2) is 5.60 Å². The number of nitrogens with zero attached hydrogens (tertiary/aromatic N) is 1. The van der Waals surface area contributed by atoms with Crippen molar-refractivity contribution >= 4 is 52.2 Å². The Labute approximate surface area is 456 Å². The van der Waals surface area contributed by atoms with Crippen LogP contribution in [0.5, 0.6) is 17.2 Å². The largest absolute Gasteiger partial charge is 0.496 e. The Morgan fingerprint density at radius 3 is 2.13 bits per heavy atom. The van der Waals surface area contributed by atoms with Gasteiger partial charge in [-0.25, -0.2) is 0 Å². The molecule has 2 atom stereocenters. The van der Waals surface area contributed by atoms with Crippen LogP contribution in [0.2, 0.25) is 0 Å². The summed E-state index contributed by atoms with van der Waals surface area (Å²) in [6.07, 6.45) is 15.4. The highest BCUT2D eigenvalue weighted by atomic mass is 32.2. The summed E-state index contributed by atoms with van der Waals surface area (Å²) in [5.41, 5.74) is 8.88. The van der Waals surface area contributed by atoms with Crippen LogP contribution < -0.4 is 19.1 Å². The molecule has 6 aromatic rings. The van der Waals surface area contributed by atoms with Crippen LogP contribution in [0.3, 0.4) is 0 Å². The van der Waals surface area contributed by atoms with Gasteiger partial charge in [0.25, 0.3) is 0 Å². The van der Waals surface area contributed by atoms with E-state index in [4.69, 9.17) is 33.2 Å². The molecule has 5 aliphatic rings. The standard InChI is InChI=1S/C65H69NO10S/c1-4-57(67)75-44(2)43-74-59(69)26-25-58(68)73-40-39-72-48-23-19-46(20-24-48)65(45-17-21-47(22-18-45)66-35-37-71-38-36-66)30-27-51-61-60(50-15-9-10-16-54(50)64(61)33-31-63(32-34-64)28-11-6-12-29-63)52-42-56(77-49-13-7-5-8-14-49)55(70-3)41-53(52)62(51)76-65/h5,7-10,13-24,27,30,41-42,44H,4,6,11-12,25-26,28-29,31-40,43H2,1-3H3. The van der Waals surface area contributed by atoms with E-state index in [0.29, 0.717) is 24.4 Å². The number of esters is 3.